The number of amides is 1. The zero-order chi connectivity index (χ0) is 9.47. The van der Waals surface area contributed by atoms with E-state index in [4.69, 9.17) is 0 Å². The van der Waals surface area contributed by atoms with Gasteiger partial charge >= 0.3 is 0 Å². The number of nitrogens with one attached hydrogen (secondary N) is 1. The molecular weight excluding hydrogens is 186 g/mol. The van der Waals surface area contributed by atoms with Gasteiger partial charge in [-0.2, -0.15) is 0 Å². The second-order valence-electron chi connectivity index (χ2n) is 3.98. The Labute approximate surface area is 80.4 Å². The molecule has 1 saturated carbocycles. The lowest BCUT2D eigenvalue weighted by Crippen LogP contribution is -2.16. The normalized spacial score (nSPS) is 24.0. The number of hydrogen-bond acceptors (Lipinski definition) is 4. The average molecular weight is 197 g/mol. The van der Waals surface area contributed by atoms with E-state index in [1.165, 1.54) is 11.3 Å². The Morgan fingerprint density at radius 3 is 2.92 bits per heavy atom. The molecule has 0 bridgehead atoms. The van der Waals surface area contributed by atoms with Gasteiger partial charge < -0.3 is 5.32 Å². The van der Waals surface area contributed by atoms with Crippen LogP contribution in [0.3, 0.4) is 0 Å². The molecule has 1 amide bonds. The number of hydrogen-bond donors (Lipinski definition) is 1. The molecular formula is C8H11N3OS. The molecule has 1 unspecified atom stereocenters. The second-order valence-corrected chi connectivity index (χ2v) is 4.81. The molecule has 1 atom stereocenters. The number of rotatable bonds is 2. The molecule has 1 fully saturated rings. The van der Waals surface area contributed by atoms with E-state index < -0.39 is 0 Å². The Balaban J connectivity index is 1.94. The van der Waals surface area contributed by atoms with Gasteiger partial charge in [-0.15, -0.1) is 10.2 Å². The van der Waals surface area contributed by atoms with Crippen LogP contribution in [0.25, 0.3) is 0 Å². The van der Waals surface area contributed by atoms with Gasteiger partial charge in [0, 0.05) is 5.92 Å². The Morgan fingerprint density at radius 2 is 2.46 bits per heavy atom. The van der Waals surface area contributed by atoms with Crippen molar-refractivity contribution >= 4 is 22.4 Å². The topological polar surface area (TPSA) is 54.9 Å². The van der Waals surface area contributed by atoms with E-state index >= 15 is 0 Å². The van der Waals surface area contributed by atoms with Crippen molar-refractivity contribution in [2.45, 2.75) is 20.3 Å². The van der Waals surface area contributed by atoms with Gasteiger partial charge in [0.15, 0.2) is 0 Å². The summed E-state index contributed by atoms with van der Waals surface area (Å²) in [7, 11) is 0. The molecule has 1 aliphatic rings. The van der Waals surface area contributed by atoms with Crippen molar-refractivity contribution in [2.75, 3.05) is 5.32 Å². The summed E-state index contributed by atoms with van der Waals surface area (Å²) in [6, 6.07) is 0. The molecule has 1 aromatic rings. The van der Waals surface area contributed by atoms with E-state index in [-0.39, 0.29) is 17.2 Å². The van der Waals surface area contributed by atoms with Crippen molar-refractivity contribution < 1.29 is 4.79 Å². The first-order valence-electron chi connectivity index (χ1n) is 4.16. The van der Waals surface area contributed by atoms with Crippen LogP contribution in [0.4, 0.5) is 5.13 Å². The molecule has 4 nitrogen and oxygen atoms in total. The number of aromatic nitrogens is 2. The number of carbonyl (C=O) groups excluding carboxylic acids is 1. The van der Waals surface area contributed by atoms with Gasteiger partial charge in [-0.3, -0.25) is 4.79 Å². The van der Waals surface area contributed by atoms with E-state index in [1.807, 2.05) is 0 Å². The SMILES string of the molecule is CC1(C)CC1C(=O)Nc1nncs1. The summed E-state index contributed by atoms with van der Waals surface area (Å²) in [5, 5.41) is 10.7. The molecule has 1 aliphatic carbocycles. The maximum absolute atomic E-state index is 11.5. The molecule has 0 spiro atoms. The molecule has 1 aromatic heterocycles. The van der Waals surface area contributed by atoms with E-state index in [0.717, 1.165) is 6.42 Å². The number of carbonyl (C=O) groups is 1. The highest BCUT2D eigenvalue weighted by Gasteiger charge is 2.50. The minimum atomic E-state index is 0.0711. The van der Waals surface area contributed by atoms with Gasteiger partial charge in [-0.05, 0) is 11.8 Å². The van der Waals surface area contributed by atoms with Crippen LogP contribution in [-0.4, -0.2) is 16.1 Å². The van der Waals surface area contributed by atoms with Crippen LogP contribution in [-0.2, 0) is 4.79 Å². The van der Waals surface area contributed by atoms with E-state index in [1.54, 1.807) is 5.51 Å². The quantitative estimate of drug-likeness (QED) is 0.782. The lowest BCUT2D eigenvalue weighted by atomic mass is 10.1. The Kier molecular flexibility index (Phi) is 1.83. The lowest BCUT2D eigenvalue weighted by molar-refractivity contribution is -0.118. The maximum atomic E-state index is 11.5. The van der Waals surface area contributed by atoms with Crippen molar-refractivity contribution in [1.29, 1.82) is 0 Å². The molecule has 0 aliphatic heterocycles. The van der Waals surface area contributed by atoms with Crippen LogP contribution in [0.1, 0.15) is 20.3 Å². The van der Waals surface area contributed by atoms with Crippen LogP contribution in [0.15, 0.2) is 5.51 Å². The summed E-state index contributed by atoms with van der Waals surface area (Å²) >= 11 is 1.34. The molecule has 1 N–H and O–H groups in total. The van der Waals surface area contributed by atoms with Crippen LogP contribution >= 0.6 is 11.3 Å². The number of nitrogens with zero attached hydrogens (tertiary/aromatic N) is 2. The van der Waals surface area contributed by atoms with Gasteiger partial charge in [0.1, 0.15) is 5.51 Å². The standard InChI is InChI=1S/C8H11N3OS/c1-8(2)3-5(8)6(12)10-7-11-9-4-13-7/h4-5H,3H2,1-2H3,(H,10,11,12). The van der Waals surface area contributed by atoms with Gasteiger partial charge in [0.05, 0.1) is 0 Å². The molecule has 0 radical (unpaired) electrons. The third-order valence-corrected chi connectivity index (χ3v) is 3.03. The maximum Gasteiger partial charge on any atom is 0.229 e. The fraction of sp³-hybridized carbons (Fsp3) is 0.625. The average Bonchev–Trinajstić information content (AvgIpc) is 2.49. The van der Waals surface area contributed by atoms with Crippen molar-refractivity contribution in [3.05, 3.63) is 5.51 Å². The fourth-order valence-corrected chi connectivity index (χ4v) is 1.78. The van der Waals surface area contributed by atoms with Crippen molar-refractivity contribution in [3.63, 3.8) is 0 Å². The largest absolute Gasteiger partial charge is 0.300 e. The van der Waals surface area contributed by atoms with Gasteiger partial charge in [0.25, 0.3) is 0 Å². The lowest BCUT2D eigenvalue weighted by Gasteiger charge is -2.01. The molecule has 0 aromatic carbocycles. The summed E-state index contributed by atoms with van der Waals surface area (Å²) in [6.45, 7) is 4.19. The molecule has 1 heterocycles. The van der Waals surface area contributed by atoms with Crippen molar-refractivity contribution in [1.82, 2.24) is 10.2 Å². The highest BCUT2D eigenvalue weighted by molar-refractivity contribution is 7.13. The van der Waals surface area contributed by atoms with Crippen LogP contribution in [0, 0.1) is 11.3 Å². The summed E-state index contributed by atoms with van der Waals surface area (Å²) in [4.78, 5) is 11.5. The van der Waals surface area contributed by atoms with E-state index in [9.17, 15) is 4.79 Å². The van der Waals surface area contributed by atoms with Crippen LogP contribution in [0.2, 0.25) is 0 Å². The molecule has 0 saturated heterocycles. The van der Waals surface area contributed by atoms with Crippen LogP contribution in [0.5, 0.6) is 0 Å². The fourth-order valence-electron chi connectivity index (χ4n) is 1.33. The number of anilines is 1. The van der Waals surface area contributed by atoms with Gasteiger partial charge in [0.2, 0.25) is 11.0 Å². The van der Waals surface area contributed by atoms with Gasteiger partial charge in [-0.25, -0.2) is 0 Å². The first-order chi connectivity index (χ1) is 6.09. The first kappa shape index (κ1) is 8.62. The Morgan fingerprint density at radius 1 is 1.77 bits per heavy atom. The highest BCUT2D eigenvalue weighted by atomic mass is 32.1. The summed E-state index contributed by atoms with van der Waals surface area (Å²) in [5.74, 6) is 0.221. The van der Waals surface area contributed by atoms with E-state index in [0.29, 0.717) is 5.13 Å². The van der Waals surface area contributed by atoms with E-state index in [2.05, 4.69) is 29.4 Å². The highest BCUT2D eigenvalue weighted by Crippen LogP contribution is 2.51. The Bertz CT molecular complexity index is 320. The minimum Gasteiger partial charge on any atom is -0.300 e. The predicted octanol–water partition coefficient (Wildman–Crippen LogP) is 1.52. The first-order valence-corrected chi connectivity index (χ1v) is 5.04. The molecule has 13 heavy (non-hydrogen) atoms. The third kappa shape index (κ3) is 1.70. The second kappa shape index (κ2) is 2.77. The smallest absolute Gasteiger partial charge is 0.229 e. The zero-order valence-electron chi connectivity index (χ0n) is 7.57. The van der Waals surface area contributed by atoms with Crippen molar-refractivity contribution in [2.24, 2.45) is 11.3 Å². The van der Waals surface area contributed by atoms with Crippen molar-refractivity contribution in [3.8, 4) is 0 Å². The molecule has 2 rings (SSSR count). The van der Waals surface area contributed by atoms with Crippen LogP contribution < -0.4 is 5.32 Å². The third-order valence-electron chi connectivity index (χ3n) is 2.42. The zero-order valence-corrected chi connectivity index (χ0v) is 8.39. The molecule has 70 valence electrons. The summed E-state index contributed by atoms with van der Waals surface area (Å²) in [6.07, 6.45) is 0.970. The Hall–Kier alpha value is -0.970. The monoisotopic (exact) mass is 197 g/mol. The molecule has 5 heteroatoms. The minimum absolute atomic E-state index is 0.0711. The summed E-state index contributed by atoms with van der Waals surface area (Å²) in [5.41, 5.74) is 1.78. The summed E-state index contributed by atoms with van der Waals surface area (Å²) < 4.78 is 0. The van der Waals surface area contributed by atoms with Gasteiger partial charge in [-0.1, -0.05) is 25.2 Å². The predicted molar refractivity (Wildman–Crippen MR) is 50.4 cm³/mol.